The molecule has 0 amide bonds. The molecule has 1 atom stereocenters. The number of rotatable bonds is 8. The lowest BCUT2D eigenvalue weighted by atomic mass is 10.3. The van der Waals surface area contributed by atoms with Crippen molar-refractivity contribution in [2.24, 2.45) is 0 Å². The Morgan fingerprint density at radius 2 is 2.14 bits per heavy atom. The fourth-order valence-corrected chi connectivity index (χ4v) is 2.69. The van der Waals surface area contributed by atoms with E-state index in [0.29, 0.717) is 25.3 Å². The quantitative estimate of drug-likeness (QED) is 0.510. The van der Waals surface area contributed by atoms with Crippen LogP contribution in [0.1, 0.15) is 19.8 Å². The van der Waals surface area contributed by atoms with Gasteiger partial charge in [-0.05, 0) is 12.8 Å². The molecule has 14 heavy (non-hydrogen) atoms. The van der Waals surface area contributed by atoms with Crippen LogP contribution in [0.5, 0.6) is 0 Å². The van der Waals surface area contributed by atoms with Crippen molar-refractivity contribution in [3.05, 3.63) is 0 Å². The van der Waals surface area contributed by atoms with Gasteiger partial charge < -0.3 is 4.74 Å². The average Bonchev–Trinajstić information content (AvgIpc) is 2.14. The first-order valence-corrected chi connectivity index (χ1v) is 6.79. The summed E-state index contributed by atoms with van der Waals surface area (Å²) in [6, 6.07) is -0.163. The van der Waals surface area contributed by atoms with E-state index in [-0.39, 0.29) is 11.8 Å². The number of alkyl halides is 1. The summed E-state index contributed by atoms with van der Waals surface area (Å²) in [5.74, 6) is 0.397. The highest BCUT2D eigenvalue weighted by Crippen LogP contribution is 1.99. The van der Waals surface area contributed by atoms with Crippen molar-refractivity contribution in [3.8, 4) is 0 Å². The topological polar surface area (TPSA) is 55.4 Å². The van der Waals surface area contributed by atoms with Gasteiger partial charge in [0.25, 0.3) is 0 Å². The highest BCUT2D eigenvalue weighted by atomic mass is 35.5. The third-order valence-corrected chi connectivity index (χ3v) is 3.68. The van der Waals surface area contributed by atoms with Crippen LogP contribution in [-0.4, -0.2) is 39.8 Å². The van der Waals surface area contributed by atoms with Gasteiger partial charge in [0.1, 0.15) is 0 Å². The lowest BCUT2D eigenvalue weighted by molar-refractivity contribution is 0.199. The highest BCUT2D eigenvalue weighted by Gasteiger charge is 2.14. The van der Waals surface area contributed by atoms with E-state index in [0.717, 1.165) is 0 Å². The standard InChI is InChI=1S/C8H18ClNO3S/c1-3-8(7-9)10-14(11,12)6-4-5-13-2/h8,10H,3-7H2,1-2H3. The molecule has 0 saturated heterocycles. The van der Waals surface area contributed by atoms with E-state index in [1.165, 1.54) is 0 Å². The van der Waals surface area contributed by atoms with Gasteiger partial charge in [-0.3, -0.25) is 0 Å². The van der Waals surface area contributed by atoms with E-state index in [4.69, 9.17) is 16.3 Å². The minimum atomic E-state index is -3.19. The number of hydrogen-bond donors (Lipinski definition) is 1. The smallest absolute Gasteiger partial charge is 0.211 e. The summed E-state index contributed by atoms with van der Waals surface area (Å²) in [7, 11) is -1.64. The van der Waals surface area contributed by atoms with Crippen molar-refractivity contribution in [1.29, 1.82) is 0 Å². The minimum absolute atomic E-state index is 0.0915. The molecule has 0 rings (SSSR count). The molecule has 0 aliphatic carbocycles. The number of methoxy groups -OCH3 is 1. The summed E-state index contributed by atoms with van der Waals surface area (Å²) in [5, 5.41) is 0. The molecule has 0 bridgehead atoms. The molecule has 6 heteroatoms. The van der Waals surface area contributed by atoms with Crippen LogP contribution in [0.15, 0.2) is 0 Å². The summed E-state index contributed by atoms with van der Waals surface area (Å²) in [6.45, 7) is 2.35. The zero-order valence-corrected chi connectivity index (χ0v) is 10.2. The van der Waals surface area contributed by atoms with Gasteiger partial charge in [0, 0.05) is 25.6 Å². The van der Waals surface area contributed by atoms with Gasteiger partial charge in [-0.2, -0.15) is 0 Å². The highest BCUT2D eigenvalue weighted by molar-refractivity contribution is 7.89. The van der Waals surface area contributed by atoms with Crippen LogP contribution in [0, 0.1) is 0 Å². The van der Waals surface area contributed by atoms with Crippen LogP contribution < -0.4 is 4.72 Å². The Hall–Kier alpha value is 0.160. The van der Waals surface area contributed by atoms with Crippen LogP contribution in [0.3, 0.4) is 0 Å². The average molecular weight is 244 g/mol. The second-order valence-corrected chi connectivity index (χ2v) is 5.22. The number of ether oxygens (including phenoxy) is 1. The summed E-state index contributed by atoms with van der Waals surface area (Å²) < 4.78 is 30.1. The third kappa shape index (κ3) is 6.59. The summed E-state index contributed by atoms with van der Waals surface area (Å²) in [6.07, 6.45) is 1.21. The van der Waals surface area contributed by atoms with E-state index in [9.17, 15) is 8.42 Å². The molecule has 1 N–H and O–H groups in total. The number of sulfonamides is 1. The Morgan fingerprint density at radius 1 is 1.50 bits per heavy atom. The molecule has 0 radical (unpaired) electrons. The zero-order valence-electron chi connectivity index (χ0n) is 8.62. The predicted molar refractivity (Wildman–Crippen MR) is 58.2 cm³/mol. The van der Waals surface area contributed by atoms with Gasteiger partial charge in [-0.1, -0.05) is 6.92 Å². The maximum Gasteiger partial charge on any atom is 0.211 e. The van der Waals surface area contributed by atoms with Gasteiger partial charge in [-0.25, -0.2) is 13.1 Å². The predicted octanol–water partition coefficient (Wildman–Crippen LogP) is 0.960. The van der Waals surface area contributed by atoms with E-state index in [1.54, 1.807) is 7.11 Å². The van der Waals surface area contributed by atoms with Crippen LogP contribution in [0.4, 0.5) is 0 Å². The maximum absolute atomic E-state index is 11.4. The van der Waals surface area contributed by atoms with Crippen molar-refractivity contribution in [2.45, 2.75) is 25.8 Å². The molecule has 0 aromatic carbocycles. The molecule has 0 fully saturated rings. The van der Waals surface area contributed by atoms with E-state index in [2.05, 4.69) is 4.72 Å². The van der Waals surface area contributed by atoms with Crippen molar-refractivity contribution in [3.63, 3.8) is 0 Å². The molecule has 4 nitrogen and oxygen atoms in total. The van der Waals surface area contributed by atoms with Gasteiger partial charge in [0.15, 0.2) is 0 Å². The Morgan fingerprint density at radius 3 is 2.57 bits per heavy atom. The van der Waals surface area contributed by atoms with Crippen molar-refractivity contribution < 1.29 is 13.2 Å². The molecule has 0 heterocycles. The Labute approximate surface area is 91.0 Å². The fourth-order valence-electron chi connectivity index (χ4n) is 0.930. The second kappa shape index (κ2) is 7.45. The van der Waals surface area contributed by atoms with E-state index >= 15 is 0 Å². The summed E-state index contributed by atoms with van der Waals surface area (Å²) in [5.41, 5.74) is 0. The van der Waals surface area contributed by atoms with Gasteiger partial charge in [-0.15, -0.1) is 11.6 Å². The molecule has 0 saturated carbocycles. The second-order valence-electron chi connectivity index (χ2n) is 3.04. The molecular weight excluding hydrogens is 226 g/mol. The first-order chi connectivity index (χ1) is 6.55. The minimum Gasteiger partial charge on any atom is -0.385 e. The zero-order chi connectivity index (χ0) is 11.0. The van der Waals surface area contributed by atoms with Crippen LogP contribution in [0.25, 0.3) is 0 Å². The largest absolute Gasteiger partial charge is 0.385 e. The molecular formula is C8H18ClNO3S. The number of hydrogen-bond acceptors (Lipinski definition) is 3. The number of halogens is 1. The molecule has 1 unspecified atom stereocenters. The molecule has 0 spiro atoms. The van der Waals surface area contributed by atoms with Crippen molar-refractivity contribution in [1.82, 2.24) is 4.72 Å². The Bertz CT molecular complexity index is 227. The van der Waals surface area contributed by atoms with Gasteiger partial charge >= 0.3 is 0 Å². The van der Waals surface area contributed by atoms with Crippen molar-refractivity contribution >= 4 is 21.6 Å². The van der Waals surface area contributed by atoms with E-state index in [1.807, 2.05) is 6.92 Å². The first kappa shape index (κ1) is 14.2. The monoisotopic (exact) mass is 243 g/mol. The molecule has 0 aromatic rings. The van der Waals surface area contributed by atoms with Crippen LogP contribution in [0.2, 0.25) is 0 Å². The van der Waals surface area contributed by atoms with E-state index < -0.39 is 10.0 Å². The summed E-state index contributed by atoms with van der Waals surface area (Å²) >= 11 is 5.58. The van der Waals surface area contributed by atoms with Crippen molar-refractivity contribution in [2.75, 3.05) is 25.3 Å². The maximum atomic E-state index is 11.4. The number of nitrogens with one attached hydrogen (secondary N) is 1. The van der Waals surface area contributed by atoms with Crippen LogP contribution >= 0.6 is 11.6 Å². The van der Waals surface area contributed by atoms with Crippen LogP contribution in [-0.2, 0) is 14.8 Å². The van der Waals surface area contributed by atoms with Gasteiger partial charge in [0.05, 0.1) is 5.75 Å². The lowest BCUT2D eigenvalue weighted by Crippen LogP contribution is -2.37. The molecule has 0 aliphatic rings. The molecule has 0 aromatic heterocycles. The Kier molecular flexibility index (Phi) is 7.54. The normalized spacial score (nSPS) is 14.2. The first-order valence-electron chi connectivity index (χ1n) is 4.60. The SMILES string of the molecule is CCC(CCl)NS(=O)(=O)CCCOC. The Balaban J connectivity index is 3.93. The lowest BCUT2D eigenvalue weighted by Gasteiger charge is -2.13. The molecule has 0 aliphatic heterocycles. The van der Waals surface area contributed by atoms with Gasteiger partial charge in [0.2, 0.25) is 10.0 Å². The third-order valence-electron chi connectivity index (χ3n) is 1.79. The summed E-state index contributed by atoms with van der Waals surface area (Å²) in [4.78, 5) is 0. The molecule has 86 valence electrons. The fraction of sp³-hybridized carbons (Fsp3) is 1.00.